The molecular weight excluding hydrogens is 398 g/mol. The van der Waals surface area contributed by atoms with Crippen LogP contribution in [0.5, 0.6) is 5.75 Å². The second-order valence-corrected chi connectivity index (χ2v) is 7.18. The average Bonchev–Trinajstić information content (AvgIpc) is 3.05. The summed E-state index contributed by atoms with van der Waals surface area (Å²) >= 11 is 7.10. The van der Waals surface area contributed by atoms with E-state index in [1.54, 1.807) is 25.3 Å². The molecule has 0 atom stereocenters. The Morgan fingerprint density at radius 2 is 1.96 bits per heavy atom. The van der Waals surface area contributed by atoms with Gasteiger partial charge in [0, 0.05) is 24.6 Å². The fourth-order valence-corrected chi connectivity index (χ4v) is 3.23. The van der Waals surface area contributed by atoms with Crippen LogP contribution in [-0.4, -0.2) is 32.7 Å². The van der Waals surface area contributed by atoms with Crippen molar-refractivity contribution >= 4 is 39.9 Å². The van der Waals surface area contributed by atoms with Gasteiger partial charge in [0.25, 0.3) is 0 Å². The number of thioether (sulfide) groups is 1. The minimum Gasteiger partial charge on any atom is -0.497 e. The number of methoxy groups -OCH3 is 1. The van der Waals surface area contributed by atoms with Crippen LogP contribution in [0, 0.1) is 0 Å². The van der Waals surface area contributed by atoms with Gasteiger partial charge < -0.3 is 9.30 Å². The number of carbonyl (C=O) groups is 1. The first-order chi connectivity index (χ1) is 13.5. The van der Waals surface area contributed by atoms with E-state index < -0.39 is 0 Å². The number of hydrogen-bond donors (Lipinski definition) is 1. The summed E-state index contributed by atoms with van der Waals surface area (Å²) in [7, 11) is 3.45. The molecule has 0 amide bonds. The number of anilines is 1. The quantitative estimate of drug-likeness (QED) is 0.280. The summed E-state index contributed by atoms with van der Waals surface area (Å²) in [6, 6.07) is 14.6. The maximum atomic E-state index is 12.0. The van der Waals surface area contributed by atoms with E-state index in [2.05, 4.69) is 20.7 Å². The number of halogens is 1. The van der Waals surface area contributed by atoms with Gasteiger partial charge in [-0.1, -0.05) is 17.7 Å². The Labute approximate surface area is 171 Å². The van der Waals surface area contributed by atoms with Crippen molar-refractivity contribution in [3.05, 3.63) is 53.6 Å². The molecule has 0 aliphatic carbocycles. The predicted octanol–water partition coefficient (Wildman–Crippen LogP) is 4.25. The van der Waals surface area contributed by atoms with E-state index in [4.69, 9.17) is 16.3 Å². The molecule has 144 valence electrons. The van der Waals surface area contributed by atoms with Gasteiger partial charge in [0.05, 0.1) is 12.8 Å². The van der Waals surface area contributed by atoms with Gasteiger partial charge in [-0.05, 0) is 54.2 Å². The SMILES string of the molecule is COc1ccc(-c2nnc(S/C(=N/Nc3cccc(Cl)c3)C(C)=O)n2C)cc1. The van der Waals surface area contributed by atoms with Gasteiger partial charge in [-0.25, -0.2) is 0 Å². The van der Waals surface area contributed by atoms with Gasteiger partial charge >= 0.3 is 0 Å². The average molecular weight is 416 g/mol. The lowest BCUT2D eigenvalue weighted by atomic mass is 10.2. The molecule has 1 heterocycles. The van der Waals surface area contributed by atoms with Crippen LogP contribution in [0.4, 0.5) is 5.69 Å². The number of benzene rings is 2. The standard InChI is InChI=1S/C19H18ClN5O2S/c1-12(26)18(23-21-15-6-4-5-14(20)11-15)28-19-24-22-17(25(19)2)13-7-9-16(27-3)10-8-13/h4-11,21H,1-3H3/b23-18+. The van der Waals surface area contributed by atoms with E-state index in [1.807, 2.05) is 41.9 Å². The van der Waals surface area contributed by atoms with Crippen molar-refractivity contribution in [1.82, 2.24) is 14.8 Å². The molecule has 0 unspecified atom stereocenters. The lowest BCUT2D eigenvalue weighted by Gasteiger charge is -2.06. The zero-order valence-corrected chi connectivity index (χ0v) is 17.1. The number of ether oxygens (including phenoxy) is 1. The first kappa shape index (κ1) is 19.9. The minimum absolute atomic E-state index is 0.187. The van der Waals surface area contributed by atoms with Crippen LogP contribution in [0.1, 0.15) is 6.92 Å². The van der Waals surface area contributed by atoms with E-state index in [-0.39, 0.29) is 10.8 Å². The Morgan fingerprint density at radius 1 is 1.21 bits per heavy atom. The van der Waals surface area contributed by atoms with Crippen LogP contribution in [0.15, 0.2) is 58.8 Å². The maximum absolute atomic E-state index is 12.0. The first-order valence-electron chi connectivity index (χ1n) is 8.30. The van der Waals surface area contributed by atoms with Crippen LogP contribution in [-0.2, 0) is 11.8 Å². The summed E-state index contributed by atoms with van der Waals surface area (Å²) in [6.07, 6.45) is 0. The smallest absolute Gasteiger partial charge is 0.197 e. The molecule has 0 aliphatic rings. The number of carbonyl (C=O) groups excluding carboxylic acids is 1. The van der Waals surface area contributed by atoms with E-state index in [0.717, 1.165) is 23.1 Å². The van der Waals surface area contributed by atoms with Gasteiger partial charge in [0.1, 0.15) is 5.75 Å². The van der Waals surface area contributed by atoms with Crippen molar-refractivity contribution in [2.45, 2.75) is 12.1 Å². The number of Topliss-reactive ketones (excluding diaryl/α,β-unsaturated/α-hetero) is 1. The molecule has 1 aromatic heterocycles. The Bertz CT molecular complexity index is 1020. The topological polar surface area (TPSA) is 81.4 Å². The predicted molar refractivity (Wildman–Crippen MR) is 112 cm³/mol. The summed E-state index contributed by atoms with van der Waals surface area (Å²) in [4.78, 5) is 12.0. The normalized spacial score (nSPS) is 11.4. The first-order valence-corrected chi connectivity index (χ1v) is 9.49. The zero-order valence-electron chi connectivity index (χ0n) is 15.5. The Morgan fingerprint density at radius 3 is 2.61 bits per heavy atom. The molecule has 28 heavy (non-hydrogen) atoms. The van der Waals surface area contributed by atoms with Crippen molar-refractivity contribution in [3.8, 4) is 17.1 Å². The molecule has 0 fully saturated rings. The third-order valence-electron chi connectivity index (χ3n) is 3.78. The molecule has 0 saturated heterocycles. The van der Waals surface area contributed by atoms with Gasteiger partial charge in [0.2, 0.25) is 0 Å². The fourth-order valence-electron chi connectivity index (χ4n) is 2.33. The van der Waals surface area contributed by atoms with Gasteiger partial charge in [-0.15, -0.1) is 10.2 Å². The van der Waals surface area contributed by atoms with Crippen LogP contribution >= 0.6 is 23.4 Å². The van der Waals surface area contributed by atoms with Gasteiger partial charge in [0.15, 0.2) is 21.8 Å². The molecule has 7 nitrogen and oxygen atoms in total. The molecule has 0 saturated carbocycles. The van der Waals surface area contributed by atoms with E-state index in [0.29, 0.717) is 21.7 Å². The molecule has 9 heteroatoms. The second kappa shape index (κ2) is 8.90. The summed E-state index contributed by atoms with van der Waals surface area (Å²) in [5, 5.41) is 14.0. The molecule has 3 rings (SSSR count). The minimum atomic E-state index is -0.187. The highest BCUT2D eigenvalue weighted by Crippen LogP contribution is 2.25. The summed E-state index contributed by atoms with van der Waals surface area (Å²) in [5.41, 5.74) is 4.42. The van der Waals surface area contributed by atoms with Crippen LogP contribution in [0.2, 0.25) is 5.02 Å². The second-order valence-electron chi connectivity index (χ2n) is 5.79. The van der Waals surface area contributed by atoms with E-state index in [9.17, 15) is 4.79 Å². The molecule has 2 aromatic carbocycles. The van der Waals surface area contributed by atoms with Crippen molar-refractivity contribution in [2.24, 2.45) is 12.1 Å². The number of nitrogens with zero attached hydrogens (tertiary/aromatic N) is 4. The van der Waals surface area contributed by atoms with E-state index in [1.165, 1.54) is 6.92 Å². The number of nitrogens with one attached hydrogen (secondary N) is 1. The largest absolute Gasteiger partial charge is 0.497 e. The van der Waals surface area contributed by atoms with Crippen molar-refractivity contribution in [1.29, 1.82) is 0 Å². The third kappa shape index (κ3) is 4.71. The molecule has 0 aliphatic heterocycles. The lowest BCUT2D eigenvalue weighted by molar-refractivity contribution is -0.110. The molecule has 0 radical (unpaired) electrons. The van der Waals surface area contributed by atoms with Crippen LogP contribution in [0.25, 0.3) is 11.4 Å². The molecule has 1 N–H and O–H groups in total. The van der Waals surface area contributed by atoms with Crippen molar-refractivity contribution < 1.29 is 9.53 Å². The van der Waals surface area contributed by atoms with Crippen LogP contribution < -0.4 is 10.2 Å². The number of hydrogen-bond acceptors (Lipinski definition) is 7. The number of aromatic nitrogens is 3. The molecule has 0 spiro atoms. The molecule has 3 aromatic rings. The van der Waals surface area contributed by atoms with Crippen molar-refractivity contribution in [2.75, 3.05) is 12.5 Å². The van der Waals surface area contributed by atoms with Gasteiger partial charge in [-0.3, -0.25) is 10.2 Å². The number of hydrazone groups is 1. The maximum Gasteiger partial charge on any atom is 0.197 e. The number of ketones is 1. The highest BCUT2D eigenvalue weighted by molar-refractivity contribution is 8.15. The summed E-state index contributed by atoms with van der Waals surface area (Å²) < 4.78 is 6.98. The highest BCUT2D eigenvalue weighted by Gasteiger charge is 2.16. The third-order valence-corrected chi connectivity index (χ3v) is 5.13. The highest BCUT2D eigenvalue weighted by atomic mass is 35.5. The molecular formula is C19H18ClN5O2S. The molecule has 0 bridgehead atoms. The Kier molecular flexibility index (Phi) is 6.33. The summed E-state index contributed by atoms with van der Waals surface area (Å²) in [6.45, 7) is 1.45. The van der Waals surface area contributed by atoms with Gasteiger partial charge in [-0.2, -0.15) is 5.10 Å². The van der Waals surface area contributed by atoms with Crippen molar-refractivity contribution in [3.63, 3.8) is 0 Å². The Balaban J connectivity index is 1.81. The fraction of sp³-hybridized carbons (Fsp3) is 0.158. The zero-order chi connectivity index (χ0) is 20.1. The van der Waals surface area contributed by atoms with Crippen LogP contribution in [0.3, 0.4) is 0 Å². The monoisotopic (exact) mass is 415 g/mol. The lowest BCUT2D eigenvalue weighted by Crippen LogP contribution is -2.09. The Hall–Kier alpha value is -2.84. The summed E-state index contributed by atoms with van der Waals surface area (Å²) in [5.74, 6) is 1.25. The number of rotatable bonds is 6. The van der Waals surface area contributed by atoms with E-state index >= 15 is 0 Å².